The van der Waals surface area contributed by atoms with Crippen LogP contribution in [0.2, 0.25) is 0 Å². The van der Waals surface area contributed by atoms with Crippen LogP contribution in [0.1, 0.15) is 27.2 Å². The van der Waals surface area contributed by atoms with Crippen molar-refractivity contribution in [1.82, 2.24) is 4.90 Å². The Labute approximate surface area is 92.1 Å². The first kappa shape index (κ1) is 12.2. The van der Waals surface area contributed by atoms with Gasteiger partial charge in [0.05, 0.1) is 6.61 Å². The first-order valence-electron chi connectivity index (χ1n) is 5.63. The lowest BCUT2D eigenvalue weighted by atomic mass is 10.1. The van der Waals surface area contributed by atoms with E-state index in [2.05, 4.69) is 25.3 Å². The summed E-state index contributed by atoms with van der Waals surface area (Å²) in [6.45, 7) is 12.1. The topological polar surface area (TPSA) is 29.5 Å². The lowest BCUT2D eigenvalue weighted by Crippen LogP contribution is -2.31. The van der Waals surface area contributed by atoms with Crippen molar-refractivity contribution in [2.24, 2.45) is 5.92 Å². The standard InChI is InChI=1S/C12H21NO2/c1-5-15-12(14)10(3)8-13-7-9(2)6-11(13)4/h9,11H,3,5-8H2,1-2,4H3. The van der Waals surface area contributed by atoms with E-state index in [9.17, 15) is 4.79 Å². The van der Waals surface area contributed by atoms with Gasteiger partial charge in [-0.05, 0) is 26.2 Å². The van der Waals surface area contributed by atoms with Gasteiger partial charge in [0.2, 0.25) is 0 Å². The van der Waals surface area contributed by atoms with E-state index in [1.54, 1.807) is 0 Å². The minimum atomic E-state index is -0.260. The van der Waals surface area contributed by atoms with Gasteiger partial charge in [0.25, 0.3) is 0 Å². The highest BCUT2D eigenvalue weighted by atomic mass is 16.5. The SMILES string of the molecule is C=C(CN1CC(C)CC1C)C(=O)OCC. The Morgan fingerprint density at radius 3 is 2.67 bits per heavy atom. The molecular formula is C12H21NO2. The monoisotopic (exact) mass is 211 g/mol. The van der Waals surface area contributed by atoms with Crippen molar-refractivity contribution >= 4 is 5.97 Å². The van der Waals surface area contributed by atoms with Gasteiger partial charge in [-0.1, -0.05) is 13.5 Å². The maximum absolute atomic E-state index is 11.4. The van der Waals surface area contributed by atoms with Crippen LogP contribution in [0.25, 0.3) is 0 Å². The van der Waals surface area contributed by atoms with E-state index >= 15 is 0 Å². The van der Waals surface area contributed by atoms with Crippen molar-refractivity contribution in [2.75, 3.05) is 19.7 Å². The number of esters is 1. The molecule has 2 atom stereocenters. The van der Waals surface area contributed by atoms with E-state index in [-0.39, 0.29) is 5.97 Å². The highest BCUT2D eigenvalue weighted by Gasteiger charge is 2.27. The van der Waals surface area contributed by atoms with E-state index in [4.69, 9.17) is 4.74 Å². The summed E-state index contributed by atoms with van der Waals surface area (Å²) >= 11 is 0. The summed E-state index contributed by atoms with van der Waals surface area (Å²) in [6, 6.07) is 0.547. The van der Waals surface area contributed by atoms with Crippen LogP contribution in [-0.4, -0.2) is 36.6 Å². The molecule has 0 aromatic carbocycles. The molecule has 1 rings (SSSR count). The van der Waals surface area contributed by atoms with Crippen molar-refractivity contribution in [3.63, 3.8) is 0 Å². The first-order valence-corrected chi connectivity index (χ1v) is 5.63. The number of likely N-dealkylation sites (tertiary alicyclic amines) is 1. The van der Waals surface area contributed by atoms with Crippen LogP contribution in [0.15, 0.2) is 12.2 Å². The fourth-order valence-electron chi connectivity index (χ4n) is 2.15. The molecule has 1 aliphatic rings. The predicted octanol–water partition coefficient (Wildman–Crippen LogP) is 1.84. The maximum atomic E-state index is 11.4. The average Bonchev–Trinajstić information content (AvgIpc) is 2.45. The third-order valence-corrected chi connectivity index (χ3v) is 2.87. The van der Waals surface area contributed by atoms with Crippen LogP contribution in [0.4, 0.5) is 0 Å². The normalized spacial score (nSPS) is 26.6. The third-order valence-electron chi connectivity index (χ3n) is 2.87. The Hall–Kier alpha value is -0.830. The summed E-state index contributed by atoms with van der Waals surface area (Å²) in [5.74, 6) is 0.458. The molecule has 1 fully saturated rings. The Kier molecular flexibility index (Phi) is 4.33. The summed E-state index contributed by atoms with van der Waals surface area (Å²) in [5, 5.41) is 0. The molecule has 0 aromatic rings. The molecule has 3 heteroatoms. The van der Waals surface area contributed by atoms with Crippen molar-refractivity contribution < 1.29 is 9.53 Å². The smallest absolute Gasteiger partial charge is 0.334 e. The van der Waals surface area contributed by atoms with Gasteiger partial charge >= 0.3 is 5.97 Å². The molecule has 2 unspecified atom stereocenters. The Bertz CT molecular complexity index is 250. The molecule has 0 N–H and O–H groups in total. The number of hydrogen-bond acceptors (Lipinski definition) is 3. The van der Waals surface area contributed by atoms with Crippen molar-refractivity contribution in [3.8, 4) is 0 Å². The van der Waals surface area contributed by atoms with Gasteiger partial charge in [0, 0.05) is 24.7 Å². The van der Waals surface area contributed by atoms with Gasteiger partial charge in [-0.3, -0.25) is 4.90 Å². The maximum Gasteiger partial charge on any atom is 0.334 e. The molecule has 0 spiro atoms. The molecule has 0 radical (unpaired) electrons. The summed E-state index contributed by atoms with van der Waals surface area (Å²) in [4.78, 5) is 13.7. The fourth-order valence-corrected chi connectivity index (χ4v) is 2.15. The molecular weight excluding hydrogens is 190 g/mol. The van der Waals surface area contributed by atoms with Gasteiger partial charge in [0.15, 0.2) is 0 Å². The zero-order valence-electron chi connectivity index (χ0n) is 9.95. The fraction of sp³-hybridized carbons (Fsp3) is 0.750. The Morgan fingerprint density at radius 1 is 1.53 bits per heavy atom. The number of hydrogen-bond donors (Lipinski definition) is 0. The molecule has 0 aromatic heterocycles. The third kappa shape index (κ3) is 3.34. The predicted molar refractivity (Wildman–Crippen MR) is 60.6 cm³/mol. The van der Waals surface area contributed by atoms with Crippen LogP contribution in [0.5, 0.6) is 0 Å². The number of rotatable bonds is 4. The molecule has 0 amide bonds. The molecule has 1 heterocycles. The highest BCUT2D eigenvalue weighted by Crippen LogP contribution is 2.22. The van der Waals surface area contributed by atoms with E-state index < -0.39 is 0 Å². The zero-order chi connectivity index (χ0) is 11.4. The Morgan fingerprint density at radius 2 is 2.20 bits per heavy atom. The molecule has 15 heavy (non-hydrogen) atoms. The van der Waals surface area contributed by atoms with Gasteiger partial charge in [0.1, 0.15) is 0 Å². The second kappa shape index (κ2) is 5.31. The number of ether oxygens (including phenoxy) is 1. The van der Waals surface area contributed by atoms with Gasteiger partial charge in [-0.2, -0.15) is 0 Å². The molecule has 0 saturated carbocycles. The second-order valence-electron chi connectivity index (χ2n) is 4.44. The molecule has 0 aliphatic carbocycles. The second-order valence-corrected chi connectivity index (χ2v) is 4.44. The van der Waals surface area contributed by atoms with Crippen LogP contribution in [0, 0.1) is 5.92 Å². The number of carbonyl (C=O) groups is 1. The van der Waals surface area contributed by atoms with E-state index in [1.807, 2.05) is 6.92 Å². The van der Waals surface area contributed by atoms with Gasteiger partial charge in [-0.15, -0.1) is 0 Å². The van der Waals surface area contributed by atoms with Crippen LogP contribution in [0.3, 0.4) is 0 Å². The van der Waals surface area contributed by atoms with Crippen LogP contribution < -0.4 is 0 Å². The summed E-state index contributed by atoms with van der Waals surface area (Å²) in [6.07, 6.45) is 1.20. The molecule has 86 valence electrons. The van der Waals surface area contributed by atoms with Crippen LogP contribution >= 0.6 is 0 Å². The van der Waals surface area contributed by atoms with Crippen molar-refractivity contribution in [2.45, 2.75) is 33.2 Å². The lowest BCUT2D eigenvalue weighted by molar-refractivity contribution is -0.138. The molecule has 1 saturated heterocycles. The minimum absolute atomic E-state index is 0.260. The van der Waals surface area contributed by atoms with Crippen LogP contribution in [-0.2, 0) is 9.53 Å². The van der Waals surface area contributed by atoms with E-state index in [1.165, 1.54) is 6.42 Å². The summed E-state index contributed by atoms with van der Waals surface area (Å²) in [5.41, 5.74) is 0.567. The van der Waals surface area contributed by atoms with E-state index in [0.29, 0.717) is 24.8 Å². The quantitative estimate of drug-likeness (QED) is 0.525. The zero-order valence-corrected chi connectivity index (χ0v) is 9.95. The van der Waals surface area contributed by atoms with Gasteiger partial charge < -0.3 is 4.74 Å². The molecule has 1 aliphatic heterocycles. The van der Waals surface area contributed by atoms with Crippen molar-refractivity contribution in [3.05, 3.63) is 12.2 Å². The summed E-state index contributed by atoms with van der Waals surface area (Å²) < 4.78 is 4.91. The van der Waals surface area contributed by atoms with Crippen molar-refractivity contribution in [1.29, 1.82) is 0 Å². The number of nitrogens with zero attached hydrogens (tertiary/aromatic N) is 1. The largest absolute Gasteiger partial charge is 0.463 e. The lowest BCUT2D eigenvalue weighted by Gasteiger charge is -2.21. The minimum Gasteiger partial charge on any atom is -0.463 e. The van der Waals surface area contributed by atoms with E-state index in [0.717, 1.165) is 12.5 Å². The molecule has 0 bridgehead atoms. The molecule has 3 nitrogen and oxygen atoms in total. The average molecular weight is 211 g/mol. The first-order chi connectivity index (χ1) is 7.04. The number of carbonyl (C=O) groups excluding carboxylic acids is 1. The Balaban J connectivity index is 2.41. The highest BCUT2D eigenvalue weighted by molar-refractivity contribution is 5.88. The van der Waals surface area contributed by atoms with Gasteiger partial charge in [-0.25, -0.2) is 4.79 Å². The summed E-state index contributed by atoms with van der Waals surface area (Å²) in [7, 11) is 0.